The van der Waals surface area contributed by atoms with Gasteiger partial charge in [-0.3, -0.25) is 0 Å². The molecule has 1 nitrogen and oxygen atoms in total. The van der Waals surface area contributed by atoms with Gasteiger partial charge in [-0.05, 0) is 79.2 Å². The van der Waals surface area contributed by atoms with E-state index in [0.29, 0.717) is 11.5 Å². The maximum Gasteiger partial charge on any atom is 0.573 e. The minimum atomic E-state index is -5.16. The van der Waals surface area contributed by atoms with E-state index >= 15 is 0 Å². The minimum Gasteiger partial charge on any atom is -0.399 e. The zero-order valence-electron chi connectivity index (χ0n) is 17.1. The standard InChI is InChI=1S/C25H25F5O/c1-2-3-4-5-6-17-7-9-18(10-8-17)19-11-13-20(14-12-19)21-15-22(26)24(23(27)16-21)31-25(28,29)30/h2-4,11-18H,1,5-10H2/b4-3+. The molecule has 0 N–H and O–H groups in total. The van der Waals surface area contributed by atoms with E-state index in [1.54, 1.807) is 18.2 Å². The number of rotatable bonds is 7. The molecule has 166 valence electrons. The Hall–Kier alpha value is -2.63. The molecular weight excluding hydrogens is 411 g/mol. The van der Waals surface area contributed by atoms with Crippen LogP contribution in [0.1, 0.15) is 50.0 Å². The maximum absolute atomic E-state index is 14.0. The van der Waals surface area contributed by atoms with Gasteiger partial charge < -0.3 is 4.74 Å². The third-order valence-corrected chi connectivity index (χ3v) is 5.79. The van der Waals surface area contributed by atoms with Crippen molar-refractivity contribution in [1.82, 2.24) is 0 Å². The number of hydrogen-bond acceptors (Lipinski definition) is 1. The van der Waals surface area contributed by atoms with E-state index < -0.39 is 23.7 Å². The summed E-state index contributed by atoms with van der Waals surface area (Å²) in [7, 11) is 0. The van der Waals surface area contributed by atoms with Gasteiger partial charge in [-0.1, -0.05) is 49.1 Å². The molecule has 0 bridgehead atoms. The molecule has 2 aromatic rings. The van der Waals surface area contributed by atoms with Crippen LogP contribution >= 0.6 is 0 Å². The number of benzene rings is 2. The molecule has 3 rings (SSSR count). The highest BCUT2D eigenvalue weighted by molar-refractivity contribution is 5.65. The number of alkyl halides is 3. The van der Waals surface area contributed by atoms with Gasteiger partial charge in [0, 0.05) is 0 Å². The van der Waals surface area contributed by atoms with Gasteiger partial charge in [0.1, 0.15) is 0 Å². The van der Waals surface area contributed by atoms with Crippen LogP contribution < -0.4 is 4.74 Å². The molecule has 2 aromatic carbocycles. The molecule has 1 aliphatic rings. The minimum absolute atomic E-state index is 0.160. The van der Waals surface area contributed by atoms with Crippen LogP contribution in [-0.2, 0) is 0 Å². The summed E-state index contributed by atoms with van der Waals surface area (Å²) in [5.41, 5.74) is 1.86. The predicted octanol–water partition coefficient (Wildman–Crippen LogP) is 8.33. The molecule has 1 saturated carbocycles. The van der Waals surface area contributed by atoms with Crippen molar-refractivity contribution in [1.29, 1.82) is 0 Å². The van der Waals surface area contributed by atoms with Gasteiger partial charge in [0.2, 0.25) is 5.75 Å². The van der Waals surface area contributed by atoms with Crippen molar-refractivity contribution in [3.63, 3.8) is 0 Å². The van der Waals surface area contributed by atoms with Crippen LogP contribution in [0.15, 0.2) is 61.2 Å². The highest BCUT2D eigenvalue weighted by atomic mass is 19.4. The van der Waals surface area contributed by atoms with E-state index in [1.165, 1.54) is 24.8 Å². The lowest BCUT2D eigenvalue weighted by Crippen LogP contribution is -2.19. The average molecular weight is 436 g/mol. The van der Waals surface area contributed by atoms with E-state index in [2.05, 4.69) is 17.4 Å². The maximum atomic E-state index is 14.0. The average Bonchev–Trinajstić information content (AvgIpc) is 2.74. The van der Waals surface area contributed by atoms with Crippen molar-refractivity contribution < 1.29 is 26.7 Å². The van der Waals surface area contributed by atoms with E-state index in [9.17, 15) is 22.0 Å². The first-order chi connectivity index (χ1) is 14.8. The number of ether oxygens (including phenoxy) is 1. The van der Waals surface area contributed by atoms with Crippen LogP contribution in [-0.4, -0.2) is 6.36 Å². The summed E-state index contributed by atoms with van der Waals surface area (Å²) >= 11 is 0. The number of allylic oxidation sites excluding steroid dienone is 3. The quantitative estimate of drug-likeness (QED) is 0.313. The summed E-state index contributed by atoms with van der Waals surface area (Å²) in [5, 5.41) is 0. The van der Waals surface area contributed by atoms with Crippen LogP contribution in [0.5, 0.6) is 5.75 Å². The molecule has 0 saturated heterocycles. The largest absolute Gasteiger partial charge is 0.573 e. The fraction of sp³-hybridized carbons (Fsp3) is 0.360. The van der Waals surface area contributed by atoms with Crippen molar-refractivity contribution in [2.24, 2.45) is 5.92 Å². The molecular formula is C25H25F5O. The zero-order chi connectivity index (χ0) is 22.4. The fourth-order valence-electron chi connectivity index (χ4n) is 4.20. The van der Waals surface area contributed by atoms with Gasteiger partial charge >= 0.3 is 6.36 Å². The second-order valence-electron chi connectivity index (χ2n) is 7.90. The summed E-state index contributed by atoms with van der Waals surface area (Å²) in [5.74, 6) is -3.04. The molecule has 0 amide bonds. The number of halogens is 5. The smallest absolute Gasteiger partial charge is 0.399 e. The highest BCUT2D eigenvalue weighted by Gasteiger charge is 2.34. The Balaban J connectivity index is 1.63. The van der Waals surface area contributed by atoms with Gasteiger partial charge in [0.05, 0.1) is 0 Å². The molecule has 0 spiro atoms. The topological polar surface area (TPSA) is 9.23 Å². The molecule has 0 atom stereocenters. The first-order valence-electron chi connectivity index (χ1n) is 10.4. The van der Waals surface area contributed by atoms with Gasteiger partial charge in [0.15, 0.2) is 11.6 Å². The third kappa shape index (κ3) is 6.42. The second kappa shape index (κ2) is 10.1. The number of hydrogen-bond donors (Lipinski definition) is 0. The summed E-state index contributed by atoms with van der Waals surface area (Å²) in [6.45, 7) is 3.67. The molecule has 0 radical (unpaired) electrons. The van der Waals surface area contributed by atoms with Crippen LogP contribution in [0.4, 0.5) is 22.0 Å². The fourth-order valence-corrected chi connectivity index (χ4v) is 4.20. The third-order valence-electron chi connectivity index (χ3n) is 5.79. The molecule has 1 aliphatic carbocycles. The first-order valence-corrected chi connectivity index (χ1v) is 10.4. The zero-order valence-corrected chi connectivity index (χ0v) is 17.1. The lowest BCUT2D eigenvalue weighted by Gasteiger charge is -2.28. The molecule has 0 unspecified atom stereocenters. The van der Waals surface area contributed by atoms with Gasteiger partial charge in [-0.2, -0.15) is 0 Å². The first kappa shape index (κ1) is 23.0. The Morgan fingerprint density at radius 3 is 2.10 bits per heavy atom. The van der Waals surface area contributed by atoms with Crippen molar-refractivity contribution in [2.45, 2.75) is 50.8 Å². The van der Waals surface area contributed by atoms with Gasteiger partial charge in [-0.15, -0.1) is 13.2 Å². The highest BCUT2D eigenvalue weighted by Crippen LogP contribution is 2.38. The Morgan fingerprint density at radius 1 is 0.935 bits per heavy atom. The molecule has 0 aromatic heterocycles. The Kier molecular flexibility index (Phi) is 7.52. The lowest BCUT2D eigenvalue weighted by molar-refractivity contribution is -0.276. The normalized spacial score (nSPS) is 19.5. The summed E-state index contributed by atoms with van der Waals surface area (Å²) in [6.07, 6.45) is 7.53. The van der Waals surface area contributed by atoms with E-state index in [-0.39, 0.29) is 5.56 Å². The van der Waals surface area contributed by atoms with E-state index in [4.69, 9.17) is 0 Å². The van der Waals surface area contributed by atoms with Crippen LogP contribution in [0, 0.1) is 17.6 Å². The predicted molar refractivity (Wildman–Crippen MR) is 112 cm³/mol. The Morgan fingerprint density at radius 2 is 1.55 bits per heavy atom. The van der Waals surface area contributed by atoms with E-state index in [1.807, 2.05) is 18.2 Å². The van der Waals surface area contributed by atoms with Crippen LogP contribution in [0.2, 0.25) is 0 Å². The van der Waals surface area contributed by atoms with Crippen molar-refractivity contribution >= 4 is 0 Å². The monoisotopic (exact) mass is 436 g/mol. The van der Waals surface area contributed by atoms with Crippen LogP contribution in [0.3, 0.4) is 0 Å². The molecule has 0 aliphatic heterocycles. The summed E-state index contributed by atoms with van der Waals surface area (Å²) < 4.78 is 68.3. The molecule has 0 heterocycles. The lowest BCUT2D eigenvalue weighted by atomic mass is 9.77. The van der Waals surface area contributed by atoms with Crippen molar-refractivity contribution in [3.05, 3.63) is 78.4 Å². The van der Waals surface area contributed by atoms with Gasteiger partial charge in [0.25, 0.3) is 0 Å². The second-order valence-corrected chi connectivity index (χ2v) is 7.90. The molecule has 31 heavy (non-hydrogen) atoms. The SMILES string of the molecule is C=C/C=C/CCC1CCC(c2ccc(-c3cc(F)c(OC(F)(F)F)c(F)c3)cc2)CC1. The molecule has 1 fully saturated rings. The van der Waals surface area contributed by atoms with E-state index in [0.717, 1.165) is 37.3 Å². The van der Waals surface area contributed by atoms with Gasteiger partial charge in [-0.25, -0.2) is 8.78 Å². The summed E-state index contributed by atoms with van der Waals surface area (Å²) in [4.78, 5) is 0. The Labute approximate surface area is 179 Å². The van der Waals surface area contributed by atoms with Crippen LogP contribution in [0.25, 0.3) is 11.1 Å². The molecule has 6 heteroatoms. The Bertz CT molecular complexity index is 883. The van der Waals surface area contributed by atoms with Crippen molar-refractivity contribution in [3.8, 4) is 16.9 Å². The van der Waals surface area contributed by atoms with Crippen molar-refractivity contribution in [2.75, 3.05) is 0 Å². The summed E-state index contributed by atoms with van der Waals surface area (Å²) in [6, 6.07) is 9.07.